The number of aromatic nitrogens is 2. The summed E-state index contributed by atoms with van der Waals surface area (Å²) in [5.74, 6) is 1.73. The molecule has 1 saturated heterocycles. The lowest BCUT2D eigenvalue weighted by Crippen LogP contribution is -2.36. The maximum Gasteiger partial charge on any atom is 0.138 e. The largest absolute Gasteiger partial charge is 0.392 e. The second-order valence-electron chi connectivity index (χ2n) is 6.71. The van der Waals surface area contributed by atoms with Gasteiger partial charge >= 0.3 is 0 Å². The number of para-hydroxylation sites is 1. The van der Waals surface area contributed by atoms with E-state index in [9.17, 15) is 5.11 Å². The monoisotopic (exact) mass is 337 g/mol. The van der Waals surface area contributed by atoms with Gasteiger partial charge in [0.2, 0.25) is 0 Å². The average molecular weight is 337 g/mol. The number of aliphatic hydroxyl groups is 1. The average Bonchev–Trinajstić information content (AvgIpc) is 3.06. The van der Waals surface area contributed by atoms with Crippen LogP contribution in [0, 0.1) is 0 Å². The Morgan fingerprint density at radius 2 is 2.12 bits per heavy atom. The van der Waals surface area contributed by atoms with E-state index in [1.807, 2.05) is 30.3 Å². The van der Waals surface area contributed by atoms with Crippen molar-refractivity contribution in [1.29, 1.82) is 0 Å². The number of aliphatic hydroxyl groups excluding tert-OH is 1. The number of allylic oxidation sites excluding steroid dienone is 2. The van der Waals surface area contributed by atoms with E-state index in [1.54, 1.807) is 0 Å². The fourth-order valence-electron chi connectivity index (χ4n) is 3.38. The van der Waals surface area contributed by atoms with Crippen LogP contribution in [0.1, 0.15) is 31.5 Å². The number of rotatable bonds is 4. The normalized spacial score (nSPS) is 26.0. The van der Waals surface area contributed by atoms with Gasteiger partial charge < -0.3 is 10.4 Å². The zero-order valence-corrected chi connectivity index (χ0v) is 14.2. The fourth-order valence-corrected chi connectivity index (χ4v) is 3.38. The van der Waals surface area contributed by atoms with E-state index >= 15 is 0 Å². The predicted octanol–water partition coefficient (Wildman–Crippen LogP) is 2.22. The SMILES string of the molecule is CC1CC(Nc2nc(C3C=C(CO)C=CC3)nc3ccccc23)NN1. The number of anilines is 1. The Morgan fingerprint density at radius 1 is 1.24 bits per heavy atom. The molecule has 4 rings (SSSR count). The van der Waals surface area contributed by atoms with Crippen molar-refractivity contribution in [2.24, 2.45) is 0 Å². The van der Waals surface area contributed by atoms with Gasteiger partial charge in [-0.1, -0.05) is 30.4 Å². The first-order valence-electron chi connectivity index (χ1n) is 8.75. The summed E-state index contributed by atoms with van der Waals surface area (Å²) in [5, 5.41) is 13.9. The number of benzene rings is 1. The van der Waals surface area contributed by atoms with Crippen LogP contribution in [0.3, 0.4) is 0 Å². The summed E-state index contributed by atoms with van der Waals surface area (Å²) in [6.45, 7) is 2.19. The van der Waals surface area contributed by atoms with Crippen molar-refractivity contribution in [2.45, 2.75) is 37.9 Å². The summed E-state index contributed by atoms with van der Waals surface area (Å²) in [5.41, 5.74) is 8.33. The molecule has 0 amide bonds. The van der Waals surface area contributed by atoms with Crippen LogP contribution >= 0.6 is 0 Å². The number of hydrogen-bond donors (Lipinski definition) is 4. The summed E-state index contributed by atoms with van der Waals surface area (Å²) in [4.78, 5) is 9.60. The first kappa shape index (κ1) is 16.2. The molecule has 3 unspecified atom stereocenters. The molecule has 0 saturated carbocycles. The minimum Gasteiger partial charge on any atom is -0.392 e. The summed E-state index contributed by atoms with van der Waals surface area (Å²) in [7, 11) is 0. The van der Waals surface area contributed by atoms with Crippen LogP contribution in [0.4, 0.5) is 5.82 Å². The van der Waals surface area contributed by atoms with E-state index < -0.39 is 0 Å². The molecule has 1 aliphatic carbocycles. The smallest absolute Gasteiger partial charge is 0.138 e. The van der Waals surface area contributed by atoms with Gasteiger partial charge in [-0.2, -0.15) is 0 Å². The number of nitrogens with one attached hydrogen (secondary N) is 3. The second kappa shape index (κ2) is 6.92. The molecule has 130 valence electrons. The molecule has 3 atom stereocenters. The molecule has 0 radical (unpaired) electrons. The lowest BCUT2D eigenvalue weighted by Gasteiger charge is -2.19. The van der Waals surface area contributed by atoms with Crippen LogP contribution in [0.2, 0.25) is 0 Å². The van der Waals surface area contributed by atoms with Gasteiger partial charge in [-0.25, -0.2) is 15.4 Å². The Labute approximate surface area is 147 Å². The summed E-state index contributed by atoms with van der Waals surface area (Å²) < 4.78 is 0. The van der Waals surface area contributed by atoms with Gasteiger partial charge in [0.25, 0.3) is 0 Å². The lowest BCUT2D eigenvalue weighted by atomic mass is 9.95. The molecule has 25 heavy (non-hydrogen) atoms. The van der Waals surface area contributed by atoms with E-state index in [1.165, 1.54) is 0 Å². The van der Waals surface area contributed by atoms with Gasteiger partial charge in [-0.15, -0.1) is 0 Å². The maximum absolute atomic E-state index is 9.41. The molecule has 1 fully saturated rings. The van der Waals surface area contributed by atoms with Crippen molar-refractivity contribution in [1.82, 2.24) is 20.8 Å². The Morgan fingerprint density at radius 3 is 2.92 bits per heavy atom. The molecule has 0 bridgehead atoms. The molecule has 1 aromatic carbocycles. The van der Waals surface area contributed by atoms with Crippen LogP contribution in [-0.4, -0.2) is 33.9 Å². The molecule has 2 aliphatic rings. The van der Waals surface area contributed by atoms with Crippen molar-refractivity contribution in [3.8, 4) is 0 Å². The van der Waals surface area contributed by atoms with Gasteiger partial charge in [-0.05, 0) is 37.5 Å². The van der Waals surface area contributed by atoms with E-state index in [4.69, 9.17) is 9.97 Å². The van der Waals surface area contributed by atoms with Crippen molar-refractivity contribution in [3.05, 3.63) is 53.9 Å². The van der Waals surface area contributed by atoms with Gasteiger partial charge in [-0.3, -0.25) is 5.43 Å². The van der Waals surface area contributed by atoms with Crippen LogP contribution < -0.4 is 16.2 Å². The van der Waals surface area contributed by atoms with E-state index in [2.05, 4.69) is 35.2 Å². The van der Waals surface area contributed by atoms with Crippen LogP contribution in [0.5, 0.6) is 0 Å². The quantitative estimate of drug-likeness (QED) is 0.685. The van der Waals surface area contributed by atoms with Gasteiger partial charge in [0, 0.05) is 17.3 Å². The third-order valence-electron chi connectivity index (χ3n) is 4.68. The summed E-state index contributed by atoms with van der Waals surface area (Å²) >= 11 is 0. The zero-order valence-electron chi connectivity index (χ0n) is 14.2. The number of hydrazine groups is 1. The third-order valence-corrected chi connectivity index (χ3v) is 4.68. The predicted molar refractivity (Wildman–Crippen MR) is 99.0 cm³/mol. The van der Waals surface area contributed by atoms with E-state index in [-0.39, 0.29) is 18.7 Å². The van der Waals surface area contributed by atoms with Crippen molar-refractivity contribution < 1.29 is 5.11 Å². The van der Waals surface area contributed by atoms with Crippen molar-refractivity contribution in [2.75, 3.05) is 11.9 Å². The van der Waals surface area contributed by atoms with E-state index in [0.29, 0.717) is 6.04 Å². The minimum atomic E-state index is 0.0429. The highest BCUT2D eigenvalue weighted by Crippen LogP contribution is 2.29. The van der Waals surface area contributed by atoms with Crippen LogP contribution in [-0.2, 0) is 0 Å². The van der Waals surface area contributed by atoms with Gasteiger partial charge in [0.1, 0.15) is 11.6 Å². The molecule has 0 spiro atoms. The molecule has 6 heteroatoms. The standard InChI is InChI=1S/C19H23N5O/c1-12-9-17(24-23-12)21-19-15-7-2-3-8-16(15)20-18(22-19)14-6-4-5-13(10-14)11-25/h2-5,7-8,10,12,14,17,23-25H,6,9,11H2,1H3,(H,20,21,22). The lowest BCUT2D eigenvalue weighted by molar-refractivity contribution is 0.333. The zero-order chi connectivity index (χ0) is 17.2. The Bertz CT molecular complexity index is 832. The molecular formula is C19H23N5O. The number of hydrogen-bond acceptors (Lipinski definition) is 6. The van der Waals surface area contributed by atoms with Gasteiger partial charge in [0.15, 0.2) is 0 Å². The molecule has 6 nitrogen and oxygen atoms in total. The van der Waals surface area contributed by atoms with Crippen molar-refractivity contribution >= 4 is 16.7 Å². The summed E-state index contributed by atoms with van der Waals surface area (Å²) in [6.07, 6.45) is 8.07. The Hall–Kier alpha value is -2.28. The number of fused-ring (bicyclic) bond motifs is 1. The topological polar surface area (TPSA) is 82.1 Å². The number of nitrogens with zero attached hydrogens (tertiary/aromatic N) is 2. The Kier molecular flexibility index (Phi) is 4.48. The highest BCUT2D eigenvalue weighted by molar-refractivity contribution is 5.89. The summed E-state index contributed by atoms with van der Waals surface area (Å²) in [6, 6.07) is 8.49. The minimum absolute atomic E-state index is 0.0429. The van der Waals surface area contributed by atoms with Crippen molar-refractivity contribution in [3.63, 3.8) is 0 Å². The molecule has 1 aromatic heterocycles. The second-order valence-corrected chi connectivity index (χ2v) is 6.71. The molecule has 2 heterocycles. The molecule has 4 N–H and O–H groups in total. The first-order chi connectivity index (χ1) is 12.2. The molecule has 1 aliphatic heterocycles. The van der Waals surface area contributed by atoms with Crippen LogP contribution in [0.15, 0.2) is 48.1 Å². The third kappa shape index (κ3) is 3.42. The molecule has 2 aromatic rings. The molecular weight excluding hydrogens is 314 g/mol. The fraction of sp³-hybridized carbons (Fsp3) is 0.368. The highest BCUT2D eigenvalue weighted by Gasteiger charge is 2.22. The van der Waals surface area contributed by atoms with Gasteiger partial charge in [0.05, 0.1) is 18.3 Å². The van der Waals surface area contributed by atoms with Crippen LogP contribution in [0.25, 0.3) is 10.9 Å². The van der Waals surface area contributed by atoms with E-state index in [0.717, 1.165) is 41.0 Å². The maximum atomic E-state index is 9.41. The Balaban J connectivity index is 1.71. The first-order valence-corrected chi connectivity index (χ1v) is 8.75. The highest BCUT2D eigenvalue weighted by atomic mass is 16.3.